The van der Waals surface area contributed by atoms with Gasteiger partial charge in [0.25, 0.3) is 0 Å². The van der Waals surface area contributed by atoms with Crippen LogP contribution in [0.5, 0.6) is 5.75 Å². The zero-order chi connectivity index (χ0) is 15.9. The average Bonchev–Trinajstić information content (AvgIpc) is 2.53. The van der Waals surface area contributed by atoms with Crippen molar-refractivity contribution < 1.29 is 13.5 Å². The van der Waals surface area contributed by atoms with Gasteiger partial charge in [-0.2, -0.15) is 8.78 Å². The summed E-state index contributed by atoms with van der Waals surface area (Å²) in [6.07, 6.45) is 3.72. The van der Waals surface area contributed by atoms with Gasteiger partial charge in [0.15, 0.2) is 0 Å². The molecule has 0 aromatic heterocycles. The fourth-order valence-electron chi connectivity index (χ4n) is 3.12. The summed E-state index contributed by atoms with van der Waals surface area (Å²) in [5, 5.41) is 3.21. The first-order chi connectivity index (χ1) is 10.6. The number of nitrogens with one attached hydrogen (secondary N) is 1. The maximum atomic E-state index is 12.2. The lowest BCUT2D eigenvalue weighted by molar-refractivity contribution is -0.0498. The molecule has 1 N–H and O–H groups in total. The molecule has 1 saturated heterocycles. The van der Waals surface area contributed by atoms with Gasteiger partial charge in [-0.05, 0) is 76.5 Å². The molecule has 1 aliphatic heterocycles. The number of halogens is 3. The van der Waals surface area contributed by atoms with Gasteiger partial charge in [0.1, 0.15) is 5.75 Å². The SMILES string of the molecule is CNCCC1CCN(C(C)c2ccc(OC(F)F)cc2)CC1.Cl. The van der Waals surface area contributed by atoms with Gasteiger partial charge in [-0.25, -0.2) is 0 Å². The molecule has 1 aromatic rings. The van der Waals surface area contributed by atoms with Gasteiger partial charge in [0, 0.05) is 6.04 Å². The fourth-order valence-corrected chi connectivity index (χ4v) is 3.12. The molecule has 23 heavy (non-hydrogen) atoms. The molecule has 2 rings (SSSR count). The zero-order valence-corrected chi connectivity index (χ0v) is 14.6. The van der Waals surface area contributed by atoms with Crippen molar-refractivity contribution in [2.45, 2.75) is 38.8 Å². The Bertz CT molecular complexity index is 437. The summed E-state index contributed by atoms with van der Waals surface area (Å²) in [7, 11) is 2.00. The number of rotatable bonds is 7. The summed E-state index contributed by atoms with van der Waals surface area (Å²) in [4.78, 5) is 2.47. The molecule has 1 aromatic carbocycles. The number of alkyl halides is 2. The Balaban J connectivity index is 0.00000264. The van der Waals surface area contributed by atoms with E-state index in [0.717, 1.165) is 31.1 Å². The number of likely N-dealkylation sites (tertiary alicyclic amines) is 1. The fraction of sp³-hybridized carbons (Fsp3) is 0.647. The lowest BCUT2D eigenvalue weighted by Gasteiger charge is -2.36. The molecule has 0 aliphatic carbocycles. The van der Waals surface area contributed by atoms with E-state index in [1.54, 1.807) is 12.1 Å². The highest BCUT2D eigenvalue weighted by atomic mass is 35.5. The number of piperidine rings is 1. The van der Waals surface area contributed by atoms with Crippen LogP contribution in [-0.2, 0) is 0 Å². The Labute approximate surface area is 143 Å². The third-order valence-corrected chi connectivity index (χ3v) is 4.59. The van der Waals surface area contributed by atoms with Crippen LogP contribution < -0.4 is 10.1 Å². The molecular formula is C17H27ClF2N2O. The first-order valence-electron chi connectivity index (χ1n) is 8.03. The lowest BCUT2D eigenvalue weighted by Crippen LogP contribution is -2.36. The number of hydrogen-bond acceptors (Lipinski definition) is 3. The molecule has 1 unspecified atom stereocenters. The molecule has 3 nitrogen and oxygen atoms in total. The summed E-state index contributed by atoms with van der Waals surface area (Å²) in [5.74, 6) is 1.04. The normalized spacial score (nSPS) is 17.8. The Hall–Kier alpha value is -0.910. The molecule has 0 saturated carbocycles. The zero-order valence-electron chi connectivity index (χ0n) is 13.8. The van der Waals surface area contributed by atoms with E-state index in [0.29, 0.717) is 6.04 Å². The first kappa shape index (κ1) is 20.1. The van der Waals surface area contributed by atoms with Gasteiger partial charge in [-0.15, -0.1) is 12.4 Å². The maximum Gasteiger partial charge on any atom is 0.387 e. The third kappa shape index (κ3) is 6.24. The predicted octanol–water partition coefficient (Wildman–Crippen LogP) is 4.09. The van der Waals surface area contributed by atoms with Crippen molar-refractivity contribution in [1.29, 1.82) is 0 Å². The van der Waals surface area contributed by atoms with Gasteiger partial charge < -0.3 is 10.1 Å². The van der Waals surface area contributed by atoms with Crippen LogP contribution in [0.15, 0.2) is 24.3 Å². The van der Waals surface area contributed by atoms with E-state index in [-0.39, 0.29) is 18.2 Å². The minimum Gasteiger partial charge on any atom is -0.435 e. The van der Waals surface area contributed by atoms with E-state index in [2.05, 4.69) is 21.9 Å². The Morgan fingerprint density at radius 2 is 1.83 bits per heavy atom. The molecule has 0 bridgehead atoms. The average molecular weight is 349 g/mol. The molecule has 0 amide bonds. The van der Waals surface area contributed by atoms with Crippen molar-refractivity contribution in [2.24, 2.45) is 5.92 Å². The van der Waals surface area contributed by atoms with E-state index < -0.39 is 6.61 Å². The molecular weight excluding hydrogens is 322 g/mol. The summed E-state index contributed by atoms with van der Waals surface area (Å²) < 4.78 is 28.7. The van der Waals surface area contributed by atoms with Gasteiger partial charge in [0.05, 0.1) is 0 Å². The highest BCUT2D eigenvalue weighted by molar-refractivity contribution is 5.85. The summed E-state index contributed by atoms with van der Waals surface area (Å²) in [6, 6.07) is 7.33. The van der Waals surface area contributed by atoms with E-state index >= 15 is 0 Å². The standard InChI is InChI=1S/C17H26F2N2O.ClH/c1-13(15-3-5-16(6-4-15)22-17(18)19)21-11-8-14(9-12-21)7-10-20-2;/h3-6,13-14,17,20H,7-12H2,1-2H3;1H. The van der Waals surface area contributed by atoms with Crippen molar-refractivity contribution >= 4 is 12.4 Å². The molecule has 1 atom stereocenters. The summed E-state index contributed by atoms with van der Waals surface area (Å²) >= 11 is 0. The molecule has 132 valence electrons. The van der Waals surface area contributed by atoms with Crippen LogP contribution in [0.25, 0.3) is 0 Å². The van der Waals surface area contributed by atoms with Crippen LogP contribution in [-0.4, -0.2) is 38.2 Å². The largest absolute Gasteiger partial charge is 0.435 e. The summed E-state index contributed by atoms with van der Waals surface area (Å²) in [6.45, 7) is 2.71. The number of ether oxygens (including phenoxy) is 1. The number of hydrogen-bond donors (Lipinski definition) is 1. The van der Waals surface area contributed by atoms with Gasteiger partial charge in [-0.3, -0.25) is 4.90 Å². The lowest BCUT2D eigenvalue weighted by atomic mass is 9.92. The second kappa shape index (κ2) is 10.1. The van der Waals surface area contributed by atoms with Crippen molar-refractivity contribution in [3.05, 3.63) is 29.8 Å². The first-order valence-corrected chi connectivity index (χ1v) is 8.03. The summed E-state index contributed by atoms with van der Waals surface area (Å²) in [5.41, 5.74) is 1.15. The van der Waals surface area contributed by atoms with E-state index in [1.165, 1.54) is 19.3 Å². The van der Waals surface area contributed by atoms with Gasteiger partial charge in [-0.1, -0.05) is 12.1 Å². The van der Waals surface area contributed by atoms with Crippen LogP contribution in [0.2, 0.25) is 0 Å². The molecule has 0 spiro atoms. The molecule has 6 heteroatoms. The maximum absolute atomic E-state index is 12.2. The minimum atomic E-state index is -2.76. The highest BCUT2D eigenvalue weighted by Gasteiger charge is 2.23. The van der Waals surface area contributed by atoms with Crippen LogP contribution in [0.1, 0.15) is 37.8 Å². The van der Waals surface area contributed by atoms with E-state index in [1.807, 2.05) is 19.2 Å². The van der Waals surface area contributed by atoms with Crippen LogP contribution in [0.4, 0.5) is 8.78 Å². The van der Waals surface area contributed by atoms with Gasteiger partial charge >= 0.3 is 6.61 Å². The van der Waals surface area contributed by atoms with Crippen molar-refractivity contribution in [3.8, 4) is 5.75 Å². The topological polar surface area (TPSA) is 24.5 Å². The van der Waals surface area contributed by atoms with Crippen molar-refractivity contribution in [3.63, 3.8) is 0 Å². The Morgan fingerprint density at radius 3 is 2.35 bits per heavy atom. The van der Waals surface area contributed by atoms with Crippen LogP contribution in [0.3, 0.4) is 0 Å². The number of nitrogens with zero attached hydrogens (tertiary/aromatic N) is 1. The van der Waals surface area contributed by atoms with Crippen molar-refractivity contribution in [2.75, 3.05) is 26.7 Å². The number of benzene rings is 1. The predicted molar refractivity (Wildman–Crippen MR) is 91.6 cm³/mol. The second-order valence-electron chi connectivity index (χ2n) is 6.00. The second-order valence-corrected chi connectivity index (χ2v) is 6.00. The Kier molecular flexibility index (Phi) is 8.81. The van der Waals surface area contributed by atoms with Crippen LogP contribution >= 0.6 is 12.4 Å². The highest BCUT2D eigenvalue weighted by Crippen LogP contribution is 2.28. The minimum absolute atomic E-state index is 0. The van der Waals surface area contributed by atoms with Gasteiger partial charge in [0.2, 0.25) is 0 Å². The molecule has 1 fully saturated rings. The molecule has 1 heterocycles. The molecule has 1 aliphatic rings. The third-order valence-electron chi connectivity index (χ3n) is 4.59. The van der Waals surface area contributed by atoms with Crippen LogP contribution in [0, 0.1) is 5.92 Å². The molecule has 0 radical (unpaired) electrons. The van der Waals surface area contributed by atoms with Crippen molar-refractivity contribution in [1.82, 2.24) is 10.2 Å². The Morgan fingerprint density at radius 1 is 1.22 bits per heavy atom. The quantitative estimate of drug-likeness (QED) is 0.803. The van der Waals surface area contributed by atoms with E-state index in [4.69, 9.17) is 0 Å². The monoisotopic (exact) mass is 348 g/mol. The smallest absolute Gasteiger partial charge is 0.387 e. The van der Waals surface area contributed by atoms with E-state index in [9.17, 15) is 8.78 Å².